The van der Waals surface area contributed by atoms with Gasteiger partial charge in [-0.1, -0.05) is 19.9 Å². The number of rotatable bonds is 4. The monoisotopic (exact) mass is 208 g/mol. The van der Waals surface area contributed by atoms with Crippen LogP contribution in [0.4, 0.5) is 0 Å². The molecule has 0 amide bonds. The zero-order valence-corrected chi connectivity index (χ0v) is 9.40. The van der Waals surface area contributed by atoms with Gasteiger partial charge in [-0.25, -0.2) is 0 Å². The Labute approximate surface area is 90.9 Å². The van der Waals surface area contributed by atoms with Gasteiger partial charge < -0.3 is 14.8 Å². The van der Waals surface area contributed by atoms with Gasteiger partial charge in [0.15, 0.2) is 0 Å². The van der Waals surface area contributed by atoms with Crippen molar-refractivity contribution in [3.8, 4) is 5.75 Å². The summed E-state index contributed by atoms with van der Waals surface area (Å²) in [5.74, 6) is 1.21. The average Bonchev–Trinajstić information content (AvgIpc) is 2.16. The predicted octanol–water partition coefficient (Wildman–Crippen LogP) is 0.573. The highest BCUT2D eigenvalue weighted by Gasteiger charge is 2.16. The van der Waals surface area contributed by atoms with Gasteiger partial charge in [-0.2, -0.15) is 0 Å². The van der Waals surface area contributed by atoms with Gasteiger partial charge in [0.2, 0.25) is 0 Å². The molecule has 1 rings (SSSR count). The largest absolute Gasteiger partial charge is 0.497 e. The third-order valence-electron chi connectivity index (χ3n) is 2.26. The van der Waals surface area contributed by atoms with Crippen LogP contribution in [0.1, 0.15) is 19.4 Å². The molecular formula is C11H17BO3. The molecule has 0 aromatic heterocycles. The molecule has 0 aliphatic carbocycles. The van der Waals surface area contributed by atoms with E-state index in [9.17, 15) is 10.0 Å². The zero-order chi connectivity index (χ0) is 11.4. The van der Waals surface area contributed by atoms with Crippen molar-refractivity contribution < 1.29 is 14.8 Å². The number of hydrogen-bond acceptors (Lipinski definition) is 3. The fourth-order valence-electron chi connectivity index (χ4n) is 1.58. The van der Waals surface area contributed by atoms with E-state index in [4.69, 9.17) is 4.74 Å². The lowest BCUT2D eigenvalue weighted by molar-refractivity contribution is 0.413. The van der Waals surface area contributed by atoms with Crippen LogP contribution in [0.5, 0.6) is 5.75 Å². The SMILES string of the molecule is COc1ccc(B(O)O)c(CC(C)C)c1. The van der Waals surface area contributed by atoms with Crippen LogP contribution in [0.2, 0.25) is 0 Å². The minimum atomic E-state index is -1.41. The van der Waals surface area contributed by atoms with E-state index in [-0.39, 0.29) is 0 Å². The zero-order valence-electron chi connectivity index (χ0n) is 9.40. The van der Waals surface area contributed by atoms with Crippen molar-refractivity contribution in [3.63, 3.8) is 0 Å². The molecule has 0 aliphatic heterocycles. The molecule has 1 aromatic rings. The summed E-state index contributed by atoms with van der Waals surface area (Å²) in [5.41, 5.74) is 1.49. The Kier molecular flexibility index (Phi) is 4.18. The minimum Gasteiger partial charge on any atom is -0.497 e. The van der Waals surface area contributed by atoms with E-state index in [0.29, 0.717) is 11.4 Å². The molecule has 0 unspecified atom stereocenters. The molecule has 15 heavy (non-hydrogen) atoms. The highest BCUT2D eigenvalue weighted by molar-refractivity contribution is 6.59. The van der Waals surface area contributed by atoms with Crippen molar-refractivity contribution in [2.45, 2.75) is 20.3 Å². The van der Waals surface area contributed by atoms with Crippen LogP contribution in [0.3, 0.4) is 0 Å². The Morgan fingerprint density at radius 3 is 2.47 bits per heavy atom. The van der Waals surface area contributed by atoms with E-state index in [0.717, 1.165) is 17.7 Å². The molecule has 0 radical (unpaired) electrons. The van der Waals surface area contributed by atoms with Crippen LogP contribution in [0.25, 0.3) is 0 Å². The molecule has 2 N–H and O–H groups in total. The second-order valence-corrected chi connectivity index (χ2v) is 4.04. The molecule has 1 aromatic carbocycles. The molecule has 0 heterocycles. The molecule has 0 bridgehead atoms. The van der Waals surface area contributed by atoms with Crippen molar-refractivity contribution >= 4 is 12.6 Å². The van der Waals surface area contributed by atoms with Crippen molar-refractivity contribution in [1.82, 2.24) is 0 Å². The second-order valence-electron chi connectivity index (χ2n) is 4.04. The van der Waals surface area contributed by atoms with Crippen molar-refractivity contribution in [1.29, 1.82) is 0 Å². The summed E-state index contributed by atoms with van der Waals surface area (Å²) in [4.78, 5) is 0. The number of ether oxygens (including phenoxy) is 1. The molecule has 0 spiro atoms. The topological polar surface area (TPSA) is 49.7 Å². The lowest BCUT2D eigenvalue weighted by Gasteiger charge is -2.12. The van der Waals surface area contributed by atoms with E-state index in [1.54, 1.807) is 19.2 Å². The Morgan fingerprint density at radius 1 is 1.33 bits per heavy atom. The maximum absolute atomic E-state index is 9.20. The first-order chi connectivity index (χ1) is 7.04. The van der Waals surface area contributed by atoms with Gasteiger partial charge in [0.25, 0.3) is 0 Å². The number of methoxy groups -OCH3 is 1. The first-order valence-electron chi connectivity index (χ1n) is 5.07. The van der Waals surface area contributed by atoms with E-state index >= 15 is 0 Å². The van der Waals surface area contributed by atoms with Crippen LogP contribution in [-0.4, -0.2) is 24.3 Å². The normalized spacial score (nSPS) is 10.5. The van der Waals surface area contributed by atoms with E-state index < -0.39 is 7.12 Å². The molecule has 82 valence electrons. The Hall–Kier alpha value is -0.995. The van der Waals surface area contributed by atoms with Crippen LogP contribution in [-0.2, 0) is 6.42 Å². The number of hydrogen-bond donors (Lipinski definition) is 2. The van der Waals surface area contributed by atoms with E-state index in [1.807, 2.05) is 6.07 Å². The fraction of sp³-hybridized carbons (Fsp3) is 0.455. The highest BCUT2D eigenvalue weighted by Crippen LogP contribution is 2.14. The first kappa shape index (κ1) is 12.1. The second kappa shape index (κ2) is 5.19. The average molecular weight is 208 g/mol. The maximum Gasteiger partial charge on any atom is 0.488 e. The number of benzene rings is 1. The van der Waals surface area contributed by atoms with Gasteiger partial charge >= 0.3 is 7.12 Å². The van der Waals surface area contributed by atoms with Gasteiger partial charge in [0.05, 0.1) is 7.11 Å². The minimum absolute atomic E-state index is 0.467. The molecule has 0 saturated carbocycles. The molecule has 0 aliphatic rings. The Morgan fingerprint density at radius 2 is 2.00 bits per heavy atom. The maximum atomic E-state index is 9.20. The lowest BCUT2D eigenvalue weighted by atomic mass is 9.75. The summed E-state index contributed by atoms with van der Waals surface area (Å²) < 4.78 is 5.11. The van der Waals surface area contributed by atoms with Gasteiger partial charge in [-0.15, -0.1) is 0 Å². The van der Waals surface area contributed by atoms with Crippen LogP contribution < -0.4 is 10.2 Å². The molecule has 0 atom stereocenters. The predicted molar refractivity (Wildman–Crippen MR) is 61.4 cm³/mol. The Bertz CT molecular complexity index is 324. The third-order valence-corrected chi connectivity index (χ3v) is 2.26. The third kappa shape index (κ3) is 3.25. The van der Waals surface area contributed by atoms with Crippen LogP contribution >= 0.6 is 0 Å². The van der Waals surface area contributed by atoms with Crippen molar-refractivity contribution in [2.75, 3.05) is 7.11 Å². The molecule has 4 heteroatoms. The highest BCUT2D eigenvalue weighted by atomic mass is 16.5. The standard InChI is InChI=1S/C11H17BO3/c1-8(2)6-9-7-10(15-3)4-5-11(9)12(13)14/h4-5,7-8,13-14H,6H2,1-3H3. The van der Waals surface area contributed by atoms with E-state index in [2.05, 4.69) is 13.8 Å². The summed E-state index contributed by atoms with van der Waals surface area (Å²) in [7, 11) is 0.188. The molecular weight excluding hydrogens is 191 g/mol. The summed E-state index contributed by atoms with van der Waals surface area (Å²) in [5, 5.41) is 18.4. The quantitative estimate of drug-likeness (QED) is 0.711. The lowest BCUT2D eigenvalue weighted by Crippen LogP contribution is -2.33. The van der Waals surface area contributed by atoms with Gasteiger partial charge in [-0.3, -0.25) is 0 Å². The van der Waals surface area contributed by atoms with Gasteiger partial charge in [0.1, 0.15) is 5.75 Å². The summed E-state index contributed by atoms with van der Waals surface area (Å²) in [6, 6.07) is 5.29. The molecule has 0 saturated heterocycles. The smallest absolute Gasteiger partial charge is 0.488 e. The molecule has 3 nitrogen and oxygen atoms in total. The first-order valence-corrected chi connectivity index (χ1v) is 5.07. The van der Waals surface area contributed by atoms with E-state index in [1.165, 1.54) is 0 Å². The van der Waals surface area contributed by atoms with Crippen LogP contribution in [0, 0.1) is 5.92 Å². The van der Waals surface area contributed by atoms with Crippen LogP contribution in [0.15, 0.2) is 18.2 Å². The van der Waals surface area contributed by atoms with Crippen molar-refractivity contribution in [3.05, 3.63) is 23.8 Å². The summed E-state index contributed by atoms with van der Waals surface area (Å²) >= 11 is 0. The summed E-state index contributed by atoms with van der Waals surface area (Å²) in [6.45, 7) is 4.18. The Balaban J connectivity index is 3.05. The summed E-state index contributed by atoms with van der Waals surface area (Å²) in [6.07, 6.45) is 0.810. The van der Waals surface area contributed by atoms with Gasteiger partial charge in [-0.05, 0) is 35.5 Å². The van der Waals surface area contributed by atoms with Crippen molar-refractivity contribution in [2.24, 2.45) is 5.92 Å². The van der Waals surface area contributed by atoms with Gasteiger partial charge in [0, 0.05) is 0 Å². The fourth-order valence-corrected chi connectivity index (χ4v) is 1.58. The molecule has 0 fully saturated rings.